The molecule has 0 unspecified atom stereocenters. The molecule has 0 aliphatic heterocycles. The van der Waals surface area contributed by atoms with Crippen LogP contribution in [0, 0.1) is 0 Å². The Balaban J connectivity index is 1.35. The van der Waals surface area contributed by atoms with E-state index in [-0.39, 0.29) is 17.9 Å². The molecule has 0 aliphatic rings. The van der Waals surface area contributed by atoms with Gasteiger partial charge in [0.05, 0.1) is 21.6 Å². The number of nitrogens with zero attached hydrogens (tertiary/aromatic N) is 1. The van der Waals surface area contributed by atoms with Crippen LogP contribution in [0.25, 0.3) is 21.8 Å². The Morgan fingerprint density at radius 1 is 0.771 bits per heavy atom. The maximum absolute atomic E-state index is 12.9. The fraction of sp³-hybridized carbons (Fsp3) is 0.0357. The van der Waals surface area contributed by atoms with Crippen LogP contribution in [0.1, 0.15) is 10.4 Å². The third-order valence-corrected chi connectivity index (χ3v) is 5.96. The number of carbonyl (C=O) groups is 2. The van der Waals surface area contributed by atoms with Crippen LogP contribution in [0.3, 0.4) is 0 Å². The molecule has 6 nitrogen and oxygen atoms in total. The molecule has 7 heteroatoms. The number of rotatable bonds is 5. The number of pyridine rings is 1. The normalized spacial score (nSPS) is 10.9. The Morgan fingerprint density at radius 3 is 1.97 bits per heavy atom. The average molecular weight is 483 g/mol. The molecular weight excluding hydrogens is 464 g/mol. The van der Waals surface area contributed by atoms with Gasteiger partial charge in [-0.3, -0.25) is 9.59 Å². The van der Waals surface area contributed by atoms with Crippen LogP contribution in [0.5, 0.6) is 5.75 Å². The fourth-order valence-electron chi connectivity index (χ4n) is 3.99. The minimum Gasteiger partial charge on any atom is -0.425 e. The number of nitrogens with one attached hydrogen (secondary N) is 1. The van der Waals surface area contributed by atoms with E-state index in [9.17, 15) is 14.4 Å². The molecule has 0 aliphatic carbocycles. The summed E-state index contributed by atoms with van der Waals surface area (Å²) in [5, 5.41) is 4.21. The van der Waals surface area contributed by atoms with E-state index < -0.39 is 5.97 Å². The average Bonchev–Trinajstić information content (AvgIpc) is 2.88. The van der Waals surface area contributed by atoms with E-state index in [1.165, 1.54) is 0 Å². The molecule has 0 radical (unpaired) electrons. The largest absolute Gasteiger partial charge is 0.425 e. The van der Waals surface area contributed by atoms with Crippen LogP contribution in [-0.2, 0) is 11.3 Å². The number of amides is 1. The second kappa shape index (κ2) is 9.44. The second-order valence-corrected chi connectivity index (χ2v) is 8.29. The van der Waals surface area contributed by atoms with Crippen molar-refractivity contribution in [3.63, 3.8) is 0 Å². The number of carbonyl (C=O) groups excluding carboxylic acids is 2. The molecule has 5 aromatic rings. The van der Waals surface area contributed by atoms with E-state index in [0.717, 1.165) is 0 Å². The zero-order valence-electron chi connectivity index (χ0n) is 18.4. The minimum absolute atomic E-state index is 0.0738. The van der Waals surface area contributed by atoms with Crippen molar-refractivity contribution >= 4 is 51.0 Å². The lowest BCUT2D eigenvalue weighted by molar-refractivity contribution is -0.134. The van der Waals surface area contributed by atoms with Gasteiger partial charge in [0.15, 0.2) is 5.43 Å². The molecule has 0 spiro atoms. The number of aromatic nitrogens is 1. The van der Waals surface area contributed by atoms with Gasteiger partial charge >= 0.3 is 5.97 Å². The smallest absolute Gasteiger partial charge is 0.331 e. The van der Waals surface area contributed by atoms with Gasteiger partial charge in [0.1, 0.15) is 12.3 Å². The number of esters is 1. The molecule has 1 heterocycles. The zero-order valence-corrected chi connectivity index (χ0v) is 19.2. The van der Waals surface area contributed by atoms with Gasteiger partial charge in [-0.05, 0) is 60.7 Å². The predicted molar refractivity (Wildman–Crippen MR) is 137 cm³/mol. The molecule has 1 N–H and O–H groups in total. The molecule has 35 heavy (non-hydrogen) atoms. The summed E-state index contributed by atoms with van der Waals surface area (Å²) in [6.07, 6.45) is 0. The molecule has 172 valence electrons. The van der Waals surface area contributed by atoms with Gasteiger partial charge < -0.3 is 14.6 Å². The summed E-state index contributed by atoms with van der Waals surface area (Å²) in [5.41, 5.74) is 2.14. The first-order valence-corrected chi connectivity index (χ1v) is 11.3. The number of ether oxygens (including phenoxy) is 1. The monoisotopic (exact) mass is 482 g/mol. The highest BCUT2D eigenvalue weighted by Crippen LogP contribution is 2.22. The van der Waals surface area contributed by atoms with E-state index in [1.54, 1.807) is 77.4 Å². The summed E-state index contributed by atoms with van der Waals surface area (Å²) in [7, 11) is 0. The number of halogens is 1. The van der Waals surface area contributed by atoms with Crippen LogP contribution in [0.4, 0.5) is 5.69 Å². The van der Waals surface area contributed by atoms with Crippen LogP contribution in [-0.4, -0.2) is 16.4 Å². The molecule has 0 saturated heterocycles. The molecule has 4 aromatic carbocycles. The first-order chi connectivity index (χ1) is 17.0. The topological polar surface area (TPSA) is 77.4 Å². The Kier molecular flexibility index (Phi) is 6.04. The van der Waals surface area contributed by atoms with Gasteiger partial charge in [0.2, 0.25) is 0 Å². The lowest BCUT2D eigenvalue weighted by Gasteiger charge is -2.14. The number of hydrogen-bond acceptors (Lipinski definition) is 4. The molecular formula is C28H19ClN2O4. The van der Waals surface area contributed by atoms with Gasteiger partial charge in [-0.1, -0.05) is 48.0 Å². The summed E-state index contributed by atoms with van der Waals surface area (Å²) >= 11 is 6.08. The van der Waals surface area contributed by atoms with Gasteiger partial charge in [-0.25, -0.2) is 4.79 Å². The highest BCUT2D eigenvalue weighted by Gasteiger charge is 2.15. The molecule has 0 atom stereocenters. The van der Waals surface area contributed by atoms with Crippen LogP contribution >= 0.6 is 11.6 Å². The van der Waals surface area contributed by atoms with Crippen molar-refractivity contribution in [1.29, 1.82) is 0 Å². The molecule has 5 rings (SSSR count). The molecule has 0 saturated carbocycles. The third-order valence-electron chi connectivity index (χ3n) is 5.63. The maximum Gasteiger partial charge on any atom is 0.331 e. The lowest BCUT2D eigenvalue weighted by atomic mass is 10.1. The van der Waals surface area contributed by atoms with Crippen molar-refractivity contribution < 1.29 is 14.3 Å². The van der Waals surface area contributed by atoms with Crippen molar-refractivity contribution in [3.8, 4) is 5.75 Å². The standard InChI is InChI=1S/C28H19ClN2O4/c29-23-10-4-1-7-20(23)28(34)30-18-13-15-19(16-14-18)35-26(32)17-31-24-11-5-2-8-21(24)27(33)22-9-3-6-12-25(22)31/h1-16H,17H2,(H,30,34). The Hall–Kier alpha value is -4.42. The summed E-state index contributed by atoms with van der Waals surface area (Å²) < 4.78 is 7.32. The molecule has 1 aromatic heterocycles. The Labute approximate surface area is 205 Å². The quantitative estimate of drug-likeness (QED) is 0.199. The maximum atomic E-state index is 12.9. The van der Waals surface area contributed by atoms with Gasteiger partial charge in [0, 0.05) is 16.5 Å². The minimum atomic E-state index is -0.489. The number of para-hydroxylation sites is 2. The van der Waals surface area contributed by atoms with Crippen LogP contribution in [0.15, 0.2) is 102 Å². The molecule has 1 amide bonds. The Bertz CT molecular complexity index is 1580. The van der Waals surface area contributed by atoms with Crippen molar-refractivity contribution in [2.45, 2.75) is 6.54 Å². The van der Waals surface area contributed by atoms with E-state index >= 15 is 0 Å². The first kappa shape index (κ1) is 22.4. The number of fused-ring (bicyclic) bond motifs is 2. The summed E-state index contributed by atoms with van der Waals surface area (Å²) in [4.78, 5) is 38.1. The summed E-state index contributed by atoms with van der Waals surface area (Å²) in [6.45, 7) is -0.0771. The zero-order chi connectivity index (χ0) is 24.4. The summed E-state index contributed by atoms with van der Waals surface area (Å²) in [5.74, 6) is -0.491. The SMILES string of the molecule is O=C(Cn1c2ccccc2c(=O)c2ccccc21)Oc1ccc(NC(=O)c2ccccc2Cl)cc1. The van der Waals surface area contributed by atoms with Gasteiger partial charge in [0.25, 0.3) is 5.91 Å². The van der Waals surface area contributed by atoms with Crippen molar-refractivity contribution in [1.82, 2.24) is 4.57 Å². The van der Waals surface area contributed by atoms with Crippen molar-refractivity contribution in [2.24, 2.45) is 0 Å². The summed E-state index contributed by atoms with van der Waals surface area (Å²) in [6, 6.07) is 27.6. The number of benzene rings is 4. The van der Waals surface area contributed by atoms with E-state index in [1.807, 2.05) is 24.3 Å². The van der Waals surface area contributed by atoms with Crippen LogP contribution in [0.2, 0.25) is 5.02 Å². The van der Waals surface area contributed by atoms with Gasteiger partial charge in [-0.15, -0.1) is 0 Å². The molecule has 0 fully saturated rings. The Morgan fingerprint density at radius 2 is 1.34 bits per heavy atom. The predicted octanol–water partition coefficient (Wildman–Crippen LogP) is 5.67. The fourth-order valence-corrected chi connectivity index (χ4v) is 4.21. The van der Waals surface area contributed by atoms with E-state index in [4.69, 9.17) is 16.3 Å². The van der Waals surface area contributed by atoms with Crippen molar-refractivity contribution in [2.75, 3.05) is 5.32 Å². The highest BCUT2D eigenvalue weighted by molar-refractivity contribution is 6.34. The second-order valence-electron chi connectivity index (χ2n) is 7.88. The van der Waals surface area contributed by atoms with Crippen LogP contribution < -0.4 is 15.5 Å². The first-order valence-electron chi connectivity index (χ1n) is 10.9. The number of anilines is 1. The molecule has 0 bridgehead atoms. The van der Waals surface area contributed by atoms with E-state index in [0.29, 0.717) is 43.8 Å². The van der Waals surface area contributed by atoms with Crippen molar-refractivity contribution in [3.05, 3.63) is 118 Å². The van der Waals surface area contributed by atoms with Gasteiger partial charge in [-0.2, -0.15) is 0 Å². The lowest BCUT2D eigenvalue weighted by Crippen LogP contribution is -2.20. The highest BCUT2D eigenvalue weighted by atomic mass is 35.5. The number of hydrogen-bond donors (Lipinski definition) is 1. The van der Waals surface area contributed by atoms with E-state index in [2.05, 4.69) is 5.32 Å². The third kappa shape index (κ3) is 4.52.